The van der Waals surface area contributed by atoms with Crippen LogP contribution in [0.3, 0.4) is 0 Å². The number of aliphatic hydroxyl groups excluding tert-OH is 1. The first kappa shape index (κ1) is 27.7. The van der Waals surface area contributed by atoms with Crippen molar-refractivity contribution in [3.8, 4) is 11.5 Å². The fourth-order valence-electron chi connectivity index (χ4n) is 4.21. The number of hydrogen-bond donors (Lipinski definition) is 2. The van der Waals surface area contributed by atoms with Crippen molar-refractivity contribution in [1.29, 1.82) is 0 Å². The number of aryl methyl sites for hydroxylation is 1. The highest BCUT2D eigenvalue weighted by Gasteiger charge is 2.32. The Morgan fingerprint density at radius 2 is 1.53 bits per heavy atom. The summed E-state index contributed by atoms with van der Waals surface area (Å²) in [6.07, 6.45) is 2.95. The van der Waals surface area contributed by atoms with E-state index < -0.39 is 12.1 Å². The molecule has 0 saturated heterocycles. The number of hydrogen-bond acceptors (Lipinski definition) is 4. The van der Waals surface area contributed by atoms with Crippen LogP contribution in [0.15, 0.2) is 36.4 Å². The Morgan fingerprint density at radius 1 is 0.941 bits per heavy atom. The maximum atomic E-state index is 12.0. The average Bonchev–Trinajstić information content (AvgIpc) is 2.79. The van der Waals surface area contributed by atoms with Crippen LogP contribution >= 0.6 is 0 Å². The molecule has 2 aromatic rings. The summed E-state index contributed by atoms with van der Waals surface area (Å²) >= 11 is 0. The van der Waals surface area contributed by atoms with Crippen LogP contribution in [-0.4, -0.2) is 35.5 Å². The van der Waals surface area contributed by atoms with Crippen LogP contribution in [0.1, 0.15) is 94.3 Å². The molecule has 0 aliphatic carbocycles. The van der Waals surface area contributed by atoms with E-state index in [0.717, 1.165) is 48.1 Å². The second-order valence-corrected chi connectivity index (χ2v) is 10.2. The third-order valence-corrected chi connectivity index (χ3v) is 6.85. The van der Waals surface area contributed by atoms with Gasteiger partial charge in [0.1, 0.15) is 23.7 Å². The van der Waals surface area contributed by atoms with E-state index in [0.29, 0.717) is 12.4 Å². The van der Waals surface area contributed by atoms with Crippen molar-refractivity contribution >= 4 is 5.97 Å². The van der Waals surface area contributed by atoms with E-state index in [2.05, 4.69) is 32.9 Å². The third kappa shape index (κ3) is 6.32. The van der Waals surface area contributed by atoms with Crippen molar-refractivity contribution in [1.82, 2.24) is 0 Å². The van der Waals surface area contributed by atoms with Gasteiger partial charge in [0.05, 0.1) is 12.7 Å². The Bertz CT molecular complexity index is 953. The van der Waals surface area contributed by atoms with Gasteiger partial charge in [-0.1, -0.05) is 66.2 Å². The lowest BCUT2D eigenvalue weighted by Crippen LogP contribution is -2.32. The van der Waals surface area contributed by atoms with Crippen molar-refractivity contribution in [3.63, 3.8) is 0 Å². The summed E-state index contributed by atoms with van der Waals surface area (Å²) in [5.41, 5.74) is 2.70. The summed E-state index contributed by atoms with van der Waals surface area (Å²) in [5.74, 6) is 0.189. The third-order valence-electron chi connectivity index (χ3n) is 6.85. The van der Waals surface area contributed by atoms with Gasteiger partial charge in [-0.2, -0.15) is 0 Å². The lowest BCUT2D eigenvalue weighted by Gasteiger charge is -2.34. The largest absolute Gasteiger partial charge is 0.493 e. The summed E-state index contributed by atoms with van der Waals surface area (Å²) in [7, 11) is 0. The van der Waals surface area contributed by atoms with Crippen LogP contribution in [-0.2, 0) is 5.41 Å². The van der Waals surface area contributed by atoms with Gasteiger partial charge in [-0.05, 0) is 66.5 Å². The molecule has 34 heavy (non-hydrogen) atoms. The molecule has 2 rings (SSSR count). The molecule has 1 atom stereocenters. The number of unbranched alkanes of at least 4 members (excludes halogenated alkanes) is 1. The molecule has 0 amide bonds. The van der Waals surface area contributed by atoms with Crippen molar-refractivity contribution in [2.24, 2.45) is 5.41 Å². The summed E-state index contributed by atoms with van der Waals surface area (Å²) in [5, 5.41) is 20.2. The maximum absolute atomic E-state index is 12.0. The molecule has 0 saturated carbocycles. The molecule has 0 aromatic heterocycles. The molecule has 5 heteroatoms. The number of ether oxygens (including phenoxy) is 2. The quantitative estimate of drug-likeness (QED) is 0.335. The minimum atomic E-state index is -0.980. The predicted molar refractivity (Wildman–Crippen MR) is 137 cm³/mol. The maximum Gasteiger partial charge on any atom is 0.339 e. The Labute approximate surface area is 205 Å². The normalized spacial score (nSPS) is 12.9. The number of carboxylic acids is 1. The predicted octanol–water partition coefficient (Wildman–Crippen LogP) is 6.76. The van der Waals surface area contributed by atoms with Crippen LogP contribution in [0.4, 0.5) is 0 Å². The van der Waals surface area contributed by atoms with Crippen molar-refractivity contribution in [2.75, 3.05) is 13.2 Å². The lowest BCUT2D eigenvalue weighted by molar-refractivity contribution is 0.0216. The zero-order valence-corrected chi connectivity index (χ0v) is 21.9. The number of aromatic carboxylic acids is 1. The van der Waals surface area contributed by atoms with Crippen molar-refractivity contribution in [2.45, 2.75) is 85.7 Å². The van der Waals surface area contributed by atoms with Crippen LogP contribution in [0, 0.1) is 12.3 Å². The Hall–Kier alpha value is -2.53. The summed E-state index contributed by atoms with van der Waals surface area (Å²) in [6.45, 7) is 15.0. The first-order valence-electron chi connectivity index (χ1n) is 12.4. The number of benzene rings is 2. The summed E-state index contributed by atoms with van der Waals surface area (Å²) in [4.78, 5) is 12.0. The smallest absolute Gasteiger partial charge is 0.339 e. The number of carboxylic acid groups (broad SMARTS) is 1. The zero-order chi connectivity index (χ0) is 25.5. The number of rotatable bonds is 12. The highest BCUT2D eigenvalue weighted by molar-refractivity contribution is 5.91. The summed E-state index contributed by atoms with van der Waals surface area (Å²) in [6, 6.07) is 11.7. The molecule has 0 spiro atoms. The van der Waals surface area contributed by atoms with Crippen molar-refractivity contribution in [3.05, 3.63) is 58.7 Å². The highest BCUT2D eigenvalue weighted by atomic mass is 16.5. The van der Waals surface area contributed by atoms with E-state index in [1.165, 1.54) is 0 Å². The molecular weight excluding hydrogens is 428 g/mol. The molecule has 0 bridgehead atoms. The van der Waals surface area contributed by atoms with E-state index >= 15 is 0 Å². The molecule has 1 unspecified atom stereocenters. The van der Waals surface area contributed by atoms with E-state index in [1.807, 2.05) is 39.8 Å². The summed E-state index contributed by atoms with van der Waals surface area (Å²) < 4.78 is 11.7. The van der Waals surface area contributed by atoms with Crippen LogP contribution in [0.2, 0.25) is 0 Å². The van der Waals surface area contributed by atoms with E-state index in [1.54, 1.807) is 12.1 Å². The second-order valence-electron chi connectivity index (χ2n) is 10.2. The molecule has 188 valence electrons. The second kappa shape index (κ2) is 11.7. The van der Waals surface area contributed by atoms with Gasteiger partial charge >= 0.3 is 5.97 Å². The van der Waals surface area contributed by atoms with Gasteiger partial charge < -0.3 is 19.7 Å². The van der Waals surface area contributed by atoms with Gasteiger partial charge in [0.15, 0.2) is 0 Å². The van der Waals surface area contributed by atoms with E-state index in [-0.39, 0.29) is 23.0 Å². The molecule has 2 N–H and O–H groups in total. The van der Waals surface area contributed by atoms with Gasteiger partial charge in [0.25, 0.3) is 0 Å². The molecule has 0 aliphatic rings. The molecule has 5 nitrogen and oxygen atoms in total. The SMILES string of the molecule is CCCCOc1ccc(C(CC)(CC)c2ccc(OCC(O)C(C)(C)C)c(C)c2)cc1C(=O)O. The molecule has 2 aromatic carbocycles. The number of aliphatic hydroxyl groups is 1. The fraction of sp³-hybridized carbons (Fsp3) is 0.552. The topological polar surface area (TPSA) is 76.0 Å². The minimum absolute atomic E-state index is 0.202. The number of carbonyl (C=O) groups is 1. The molecule has 0 heterocycles. The highest BCUT2D eigenvalue weighted by Crippen LogP contribution is 2.41. The fourth-order valence-corrected chi connectivity index (χ4v) is 4.21. The first-order valence-corrected chi connectivity index (χ1v) is 12.4. The van der Waals surface area contributed by atoms with Gasteiger partial charge in [0.2, 0.25) is 0 Å². The molecular formula is C29H42O5. The average molecular weight is 471 g/mol. The Kier molecular flexibility index (Phi) is 9.57. The van der Waals surface area contributed by atoms with Crippen LogP contribution in [0.25, 0.3) is 0 Å². The molecule has 0 aliphatic heterocycles. The van der Waals surface area contributed by atoms with Crippen LogP contribution in [0.5, 0.6) is 11.5 Å². The first-order chi connectivity index (χ1) is 16.0. The zero-order valence-electron chi connectivity index (χ0n) is 21.9. The molecule has 0 radical (unpaired) electrons. The monoisotopic (exact) mass is 470 g/mol. The van der Waals surface area contributed by atoms with Gasteiger partial charge in [-0.15, -0.1) is 0 Å². The van der Waals surface area contributed by atoms with E-state index in [4.69, 9.17) is 9.47 Å². The lowest BCUT2D eigenvalue weighted by atomic mass is 9.70. The Morgan fingerprint density at radius 3 is 2.03 bits per heavy atom. The van der Waals surface area contributed by atoms with Crippen molar-refractivity contribution < 1.29 is 24.5 Å². The van der Waals surface area contributed by atoms with Gasteiger partial charge in [-0.25, -0.2) is 4.79 Å². The Balaban J connectivity index is 2.41. The molecule has 0 fully saturated rings. The van der Waals surface area contributed by atoms with Crippen LogP contribution < -0.4 is 9.47 Å². The minimum Gasteiger partial charge on any atom is -0.493 e. The van der Waals surface area contributed by atoms with Gasteiger partial charge in [0, 0.05) is 5.41 Å². The van der Waals surface area contributed by atoms with Gasteiger partial charge in [-0.3, -0.25) is 0 Å². The standard InChI is InChI=1S/C29H42O5/c1-8-11-16-33-25-15-13-22(18-23(25)27(31)32)29(9-2,10-3)21-12-14-24(20(4)17-21)34-19-26(30)28(5,6)7/h12-15,17-18,26,30H,8-11,16,19H2,1-7H3,(H,31,32). The van der Waals surface area contributed by atoms with E-state index in [9.17, 15) is 15.0 Å².